The van der Waals surface area contributed by atoms with E-state index in [2.05, 4.69) is 39.9 Å². The van der Waals surface area contributed by atoms with Crippen molar-refractivity contribution < 1.29 is 5.11 Å². The van der Waals surface area contributed by atoms with Gasteiger partial charge in [-0.1, -0.05) is 28.9 Å². The number of piperidine rings is 1. The summed E-state index contributed by atoms with van der Waals surface area (Å²) in [4.78, 5) is 2.23. The number of aliphatic hydroxyl groups is 1. The largest absolute Gasteiger partial charge is 0.391 e. The number of β-amino-alcohol motifs (C(OH)–C–C–N with tert-alkyl or cyclic N) is 1. The molecule has 1 fully saturated rings. The second-order valence-electron chi connectivity index (χ2n) is 4.76. The van der Waals surface area contributed by atoms with Crippen LogP contribution in [0.1, 0.15) is 18.9 Å². The zero-order valence-corrected chi connectivity index (χ0v) is 11.7. The zero-order chi connectivity index (χ0) is 12.4. The predicted octanol–water partition coefficient (Wildman–Crippen LogP) is 2.11. The summed E-state index contributed by atoms with van der Waals surface area (Å²) in [5.41, 5.74) is 7.90. The summed E-state index contributed by atoms with van der Waals surface area (Å²) in [6.07, 6.45) is 0.814. The Morgan fingerprint density at radius 3 is 2.88 bits per heavy atom. The molecule has 3 nitrogen and oxygen atoms in total. The Morgan fingerprint density at radius 2 is 2.29 bits per heavy atom. The first kappa shape index (κ1) is 12.9. The van der Waals surface area contributed by atoms with Gasteiger partial charge in [-0.25, -0.2) is 0 Å². The summed E-state index contributed by atoms with van der Waals surface area (Å²) in [5.74, 6) is 0.401. The smallest absolute Gasteiger partial charge is 0.0741 e. The van der Waals surface area contributed by atoms with Crippen LogP contribution in [0.25, 0.3) is 0 Å². The van der Waals surface area contributed by atoms with Gasteiger partial charge in [0.1, 0.15) is 0 Å². The molecule has 0 radical (unpaired) electrons. The average Bonchev–Trinajstić information content (AvgIpc) is 2.32. The summed E-state index contributed by atoms with van der Waals surface area (Å²) in [5, 5.41) is 9.91. The summed E-state index contributed by atoms with van der Waals surface area (Å²) in [6, 6.07) is 6.21. The van der Waals surface area contributed by atoms with Gasteiger partial charge < -0.3 is 15.7 Å². The minimum Gasteiger partial charge on any atom is -0.391 e. The molecule has 0 aromatic heterocycles. The number of halogens is 1. The van der Waals surface area contributed by atoms with Gasteiger partial charge in [0.15, 0.2) is 0 Å². The summed E-state index contributed by atoms with van der Waals surface area (Å²) < 4.78 is 1.05. The zero-order valence-electron chi connectivity index (χ0n) is 10.1. The fourth-order valence-electron chi connectivity index (χ4n) is 2.18. The van der Waals surface area contributed by atoms with Crippen molar-refractivity contribution in [2.24, 2.45) is 11.7 Å². The Bertz CT molecular complexity index is 397. The number of hydrogen-bond donors (Lipinski definition) is 2. The lowest BCUT2D eigenvalue weighted by Crippen LogP contribution is -2.42. The van der Waals surface area contributed by atoms with Crippen molar-refractivity contribution in [1.29, 1.82) is 0 Å². The van der Waals surface area contributed by atoms with Crippen molar-refractivity contribution in [3.05, 3.63) is 28.2 Å². The molecule has 0 saturated carbocycles. The molecule has 0 amide bonds. The van der Waals surface area contributed by atoms with E-state index in [1.807, 2.05) is 6.07 Å². The fourth-order valence-corrected chi connectivity index (χ4v) is 2.71. The molecular formula is C13H19BrN2O. The van der Waals surface area contributed by atoms with E-state index in [0.717, 1.165) is 35.2 Å². The van der Waals surface area contributed by atoms with Gasteiger partial charge in [-0.3, -0.25) is 0 Å². The molecular weight excluding hydrogens is 280 g/mol. The Morgan fingerprint density at radius 1 is 1.53 bits per heavy atom. The lowest BCUT2D eigenvalue weighted by molar-refractivity contribution is 0.103. The fraction of sp³-hybridized carbons (Fsp3) is 0.538. The van der Waals surface area contributed by atoms with Crippen LogP contribution in [0.2, 0.25) is 0 Å². The van der Waals surface area contributed by atoms with E-state index in [1.165, 1.54) is 0 Å². The molecule has 1 aliphatic rings. The maximum atomic E-state index is 9.91. The monoisotopic (exact) mass is 298 g/mol. The van der Waals surface area contributed by atoms with Crippen molar-refractivity contribution in [1.82, 2.24) is 0 Å². The first-order valence-corrected chi connectivity index (χ1v) is 6.82. The summed E-state index contributed by atoms with van der Waals surface area (Å²) in [7, 11) is 0. The van der Waals surface area contributed by atoms with Crippen LogP contribution in [-0.4, -0.2) is 24.3 Å². The highest BCUT2D eigenvalue weighted by atomic mass is 79.9. The molecule has 4 heteroatoms. The van der Waals surface area contributed by atoms with Gasteiger partial charge in [0.2, 0.25) is 0 Å². The molecule has 1 aromatic rings. The van der Waals surface area contributed by atoms with Gasteiger partial charge >= 0.3 is 0 Å². The van der Waals surface area contributed by atoms with Gasteiger partial charge in [-0.15, -0.1) is 0 Å². The maximum absolute atomic E-state index is 9.91. The molecule has 94 valence electrons. The molecule has 1 saturated heterocycles. The predicted molar refractivity (Wildman–Crippen MR) is 74.0 cm³/mol. The van der Waals surface area contributed by atoms with Crippen LogP contribution in [0.15, 0.2) is 22.7 Å². The van der Waals surface area contributed by atoms with E-state index in [-0.39, 0.29) is 6.10 Å². The third kappa shape index (κ3) is 2.81. The van der Waals surface area contributed by atoms with E-state index in [9.17, 15) is 5.11 Å². The first-order chi connectivity index (χ1) is 8.11. The van der Waals surface area contributed by atoms with Gasteiger partial charge in [0.05, 0.1) is 6.10 Å². The van der Waals surface area contributed by atoms with Crippen LogP contribution in [0.5, 0.6) is 0 Å². The number of benzene rings is 1. The average molecular weight is 299 g/mol. The molecule has 1 aliphatic heterocycles. The Labute approximate surface area is 111 Å². The van der Waals surface area contributed by atoms with E-state index in [1.54, 1.807) is 0 Å². The number of nitrogens with two attached hydrogens (primary N) is 1. The topological polar surface area (TPSA) is 49.5 Å². The summed E-state index contributed by atoms with van der Waals surface area (Å²) >= 11 is 3.53. The first-order valence-electron chi connectivity index (χ1n) is 6.03. The maximum Gasteiger partial charge on any atom is 0.0741 e. The van der Waals surface area contributed by atoms with Crippen LogP contribution in [-0.2, 0) is 6.54 Å². The van der Waals surface area contributed by atoms with Gasteiger partial charge in [0.25, 0.3) is 0 Å². The molecule has 17 heavy (non-hydrogen) atoms. The highest BCUT2D eigenvalue weighted by Crippen LogP contribution is 2.27. The number of anilines is 1. The van der Waals surface area contributed by atoms with Crippen LogP contribution >= 0.6 is 15.9 Å². The number of hydrogen-bond acceptors (Lipinski definition) is 3. The molecule has 3 N–H and O–H groups in total. The number of nitrogens with zero attached hydrogens (tertiary/aromatic N) is 1. The van der Waals surface area contributed by atoms with Crippen molar-refractivity contribution in [3.63, 3.8) is 0 Å². The van der Waals surface area contributed by atoms with E-state index in [4.69, 9.17) is 5.73 Å². The van der Waals surface area contributed by atoms with Crippen molar-refractivity contribution >= 4 is 21.6 Å². The van der Waals surface area contributed by atoms with Crippen LogP contribution in [0, 0.1) is 5.92 Å². The quantitative estimate of drug-likeness (QED) is 0.879. The Balaban J connectivity index is 2.15. The van der Waals surface area contributed by atoms with Crippen molar-refractivity contribution in [2.45, 2.75) is 26.0 Å². The second kappa shape index (κ2) is 5.38. The van der Waals surface area contributed by atoms with Crippen LogP contribution < -0.4 is 10.6 Å². The SMILES string of the molecule is CC1CCN(c2ccc(CN)c(Br)c2)CC1O. The normalized spacial score (nSPS) is 25.1. The third-order valence-electron chi connectivity index (χ3n) is 3.54. The lowest BCUT2D eigenvalue weighted by atomic mass is 9.95. The Hall–Kier alpha value is -0.580. The minimum atomic E-state index is -0.225. The van der Waals surface area contributed by atoms with Gasteiger partial charge in [-0.2, -0.15) is 0 Å². The molecule has 2 unspecified atom stereocenters. The molecule has 2 atom stereocenters. The minimum absolute atomic E-state index is 0.225. The van der Waals surface area contributed by atoms with Gasteiger partial charge in [-0.05, 0) is 30.0 Å². The molecule has 0 spiro atoms. The number of aliphatic hydroxyl groups excluding tert-OH is 1. The molecule has 1 aromatic carbocycles. The molecule has 0 aliphatic carbocycles. The van der Waals surface area contributed by atoms with Crippen LogP contribution in [0.3, 0.4) is 0 Å². The number of rotatable bonds is 2. The molecule has 2 rings (SSSR count). The van der Waals surface area contributed by atoms with Crippen molar-refractivity contribution in [3.8, 4) is 0 Å². The third-order valence-corrected chi connectivity index (χ3v) is 4.28. The highest BCUT2D eigenvalue weighted by Gasteiger charge is 2.24. The second-order valence-corrected chi connectivity index (χ2v) is 5.61. The van der Waals surface area contributed by atoms with Gasteiger partial charge in [0, 0.05) is 29.8 Å². The summed E-state index contributed by atoms with van der Waals surface area (Å²) in [6.45, 7) is 4.37. The molecule has 1 heterocycles. The van der Waals surface area contributed by atoms with Crippen molar-refractivity contribution in [2.75, 3.05) is 18.0 Å². The Kier molecular flexibility index (Phi) is 4.07. The lowest BCUT2D eigenvalue weighted by Gasteiger charge is -2.36. The highest BCUT2D eigenvalue weighted by molar-refractivity contribution is 9.10. The van der Waals surface area contributed by atoms with Crippen LogP contribution in [0.4, 0.5) is 5.69 Å². The standard InChI is InChI=1S/C13H19BrN2O/c1-9-4-5-16(8-13(9)17)11-3-2-10(7-15)12(14)6-11/h2-3,6,9,13,17H,4-5,7-8,15H2,1H3. The molecule has 0 bridgehead atoms. The van der Waals surface area contributed by atoms with E-state index < -0.39 is 0 Å². The van der Waals surface area contributed by atoms with E-state index >= 15 is 0 Å². The van der Waals surface area contributed by atoms with E-state index in [0.29, 0.717) is 12.5 Å².